The van der Waals surface area contributed by atoms with Crippen LogP contribution in [0.1, 0.15) is 28.4 Å². The Bertz CT molecular complexity index is 655. The summed E-state index contributed by atoms with van der Waals surface area (Å²) < 4.78 is 5.51. The molecule has 0 aliphatic carbocycles. The quantitative estimate of drug-likeness (QED) is 0.445. The van der Waals surface area contributed by atoms with Crippen LogP contribution < -0.4 is 0 Å². The fourth-order valence-corrected chi connectivity index (χ4v) is 2.00. The van der Waals surface area contributed by atoms with E-state index in [9.17, 15) is 9.59 Å². The molecule has 0 fully saturated rings. The van der Waals surface area contributed by atoms with Gasteiger partial charge in [0.15, 0.2) is 5.78 Å². The number of ketones is 1. The Hall–Kier alpha value is -2.52. The van der Waals surface area contributed by atoms with E-state index in [1.54, 1.807) is 0 Å². The van der Waals surface area contributed by atoms with Gasteiger partial charge in [-0.2, -0.15) is 0 Å². The first-order valence-corrected chi connectivity index (χ1v) is 7.08. The lowest BCUT2D eigenvalue weighted by Crippen LogP contribution is -2.02. The monoisotopic (exact) mass is 294 g/mol. The number of carbonyl (C=O) groups excluding carboxylic acids is 2. The third-order valence-electron chi connectivity index (χ3n) is 3.20. The Morgan fingerprint density at radius 1 is 1.00 bits per heavy atom. The van der Waals surface area contributed by atoms with Gasteiger partial charge in [0.1, 0.15) is 6.29 Å². The molecule has 0 spiro atoms. The molecule has 0 aromatic heterocycles. The summed E-state index contributed by atoms with van der Waals surface area (Å²) >= 11 is 0. The Morgan fingerprint density at radius 2 is 1.64 bits per heavy atom. The van der Waals surface area contributed by atoms with E-state index in [1.165, 1.54) is 6.08 Å². The Morgan fingerprint density at radius 3 is 2.27 bits per heavy atom. The van der Waals surface area contributed by atoms with Crippen molar-refractivity contribution < 1.29 is 14.3 Å². The zero-order valence-electron chi connectivity index (χ0n) is 12.5. The van der Waals surface area contributed by atoms with Crippen LogP contribution in [-0.4, -0.2) is 18.7 Å². The fraction of sp³-hybridized carbons (Fsp3) is 0.158. The minimum absolute atomic E-state index is 0.0119. The summed E-state index contributed by atoms with van der Waals surface area (Å²) in [7, 11) is 0. The zero-order valence-corrected chi connectivity index (χ0v) is 12.5. The molecule has 0 radical (unpaired) electrons. The van der Waals surface area contributed by atoms with Crippen molar-refractivity contribution >= 4 is 12.1 Å². The molecule has 0 saturated carbocycles. The summed E-state index contributed by atoms with van der Waals surface area (Å²) in [5.41, 5.74) is 3.21. The molecule has 2 aromatic carbocycles. The van der Waals surface area contributed by atoms with Gasteiger partial charge in [-0.15, -0.1) is 0 Å². The normalized spacial score (nSPS) is 11.2. The van der Waals surface area contributed by atoms with Gasteiger partial charge >= 0.3 is 0 Å². The van der Waals surface area contributed by atoms with Crippen LogP contribution in [0.5, 0.6) is 0 Å². The molecule has 0 aliphatic heterocycles. The van der Waals surface area contributed by atoms with E-state index in [0.717, 1.165) is 17.4 Å². The van der Waals surface area contributed by atoms with Crippen LogP contribution in [0.15, 0.2) is 66.2 Å². The number of hydrogen-bond acceptors (Lipinski definition) is 3. The van der Waals surface area contributed by atoms with Gasteiger partial charge in [-0.05, 0) is 24.1 Å². The molecule has 0 saturated heterocycles. The molecule has 2 aromatic rings. The van der Waals surface area contributed by atoms with Gasteiger partial charge in [0.2, 0.25) is 0 Å². The van der Waals surface area contributed by atoms with Gasteiger partial charge in [-0.3, -0.25) is 9.59 Å². The first kappa shape index (κ1) is 15.9. The van der Waals surface area contributed by atoms with Crippen molar-refractivity contribution in [2.75, 3.05) is 6.61 Å². The van der Waals surface area contributed by atoms with E-state index in [0.29, 0.717) is 24.3 Å². The summed E-state index contributed by atoms with van der Waals surface area (Å²) in [5.74, 6) is 0.0119. The second kappa shape index (κ2) is 8.05. The topological polar surface area (TPSA) is 43.4 Å². The number of carbonyl (C=O) groups is 2. The molecule has 0 bridgehead atoms. The third-order valence-corrected chi connectivity index (χ3v) is 3.20. The highest BCUT2D eigenvalue weighted by Crippen LogP contribution is 2.12. The molecule has 3 nitrogen and oxygen atoms in total. The van der Waals surface area contributed by atoms with Crippen molar-refractivity contribution in [1.82, 2.24) is 0 Å². The van der Waals surface area contributed by atoms with E-state index in [1.807, 2.05) is 61.5 Å². The smallest absolute Gasteiger partial charge is 0.193 e. The van der Waals surface area contributed by atoms with Gasteiger partial charge in [-0.25, -0.2) is 0 Å². The van der Waals surface area contributed by atoms with Gasteiger partial charge in [-0.1, -0.05) is 54.6 Å². The van der Waals surface area contributed by atoms with Gasteiger partial charge in [0.25, 0.3) is 0 Å². The van der Waals surface area contributed by atoms with Crippen molar-refractivity contribution in [2.45, 2.75) is 13.5 Å². The minimum atomic E-state index is 0.0119. The van der Waals surface area contributed by atoms with E-state index in [4.69, 9.17) is 4.74 Å². The van der Waals surface area contributed by atoms with Crippen molar-refractivity contribution in [2.24, 2.45) is 0 Å². The van der Waals surface area contributed by atoms with E-state index < -0.39 is 0 Å². The zero-order chi connectivity index (χ0) is 15.8. The lowest BCUT2D eigenvalue weighted by molar-refractivity contribution is -0.104. The number of rotatable bonds is 7. The molecule has 0 heterocycles. The Labute approximate surface area is 130 Å². The summed E-state index contributed by atoms with van der Waals surface area (Å²) in [6.45, 7) is 2.71. The van der Waals surface area contributed by atoms with Crippen molar-refractivity contribution in [1.29, 1.82) is 0 Å². The number of hydrogen-bond donors (Lipinski definition) is 0. The number of ether oxygens (including phenoxy) is 1. The van der Waals surface area contributed by atoms with Gasteiger partial charge < -0.3 is 4.74 Å². The van der Waals surface area contributed by atoms with Crippen LogP contribution in [0.4, 0.5) is 0 Å². The molecular formula is C19H18O3. The largest absolute Gasteiger partial charge is 0.372 e. The highest BCUT2D eigenvalue weighted by atomic mass is 16.5. The van der Waals surface area contributed by atoms with Gasteiger partial charge in [0.05, 0.1) is 13.2 Å². The molecule has 112 valence electrons. The van der Waals surface area contributed by atoms with Crippen molar-refractivity contribution in [3.63, 3.8) is 0 Å². The van der Waals surface area contributed by atoms with Crippen LogP contribution in [-0.2, 0) is 16.1 Å². The first-order chi connectivity index (χ1) is 10.7. The van der Waals surface area contributed by atoms with Crippen molar-refractivity contribution in [3.05, 3.63) is 82.9 Å². The van der Waals surface area contributed by atoms with Crippen LogP contribution in [0.2, 0.25) is 0 Å². The lowest BCUT2D eigenvalue weighted by Gasteiger charge is -2.06. The summed E-state index contributed by atoms with van der Waals surface area (Å²) in [6.07, 6.45) is 2.24. The number of benzene rings is 2. The molecule has 2 rings (SSSR count). The van der Waals surface area contributed by atoms with E-state index in [-0.39, 0.29) is 5.78 Å². The Kier molecular flexibility index (Phi) is 5.81. The maximum atomic E-state index is 12.3. The number of allylic oxidation sites excluding steroid dienone is 1. The highest BCUT2D eigenvalue weighted by molar-refractivity contribution is 6.08. The standard InChI is InChI=1S/C19H18O3/c1-15(11-12-20)13-22-14-16-7-9-18(10-8-16)19(21)17-5-3-2-4-6-17/h2-12H,13-14H2,1H3/b15-11+. The summed E-state index contributed by atoms with van der Waals surface area (Å²) in [4.78, 5) is 22.6. The lowest BCUT2D eigenvalue weighted by atomic mass is 10.0. The van der Waals surface area contributed by atoms with Crippen LogP contribution in [0.3, 0.4) is 0 Å². The fourth-order valence-electron chi connectivity index (χ4n) is 2.00. The molecule has 3 heteroatoms. The predicted octanol–water partition coefficient (Wildman–Crippen LogP) is 3.58. The molecule has 0 unspecified atom stereocenters. The number of aldehydes is 1. The Balaban J connectivity index is 1.94. The average Bonchev–Trinajstić information content (AvgIpc) is 2.56. The van der Waals surface area contributed by atoms with Crippen molar-refractivity contribution in [3.8, 4) is 0 Å². The minimum Gasteiger partial charge on any atom is -0.372 e. The molecule has 0 N–H and O–H groups in total. The predicted molar refractivity (Wildman–Crippen MR) is 85.8 cm³/mol. The maximum Gasteiger partial charge on any atom is 0.193 e. The van der Waals surface area contributed by atoms with Crippen LogP contribution in [0.25, 0.3) is 0 Å². The van der Waals surface area contributed by atoms with E-state index in [2.05, 4.69) is 0 Å². The van der Waals surface area contributed by atoms with E-state index >= 15 is 0 Å². The van der Waals surface area contributed by atoms with Gasteiger partial charge in [0, 0.05) is 11.1 Å². The maximum absolute atomic E-state index is 12.3. The highest BCUT2D eigenvalue weighted by Gasteiger charge is 2.07. The average molecular weight is 294 g/mol. The second-order valence-electron chi connectivity index (χ2n) is 5.03. The molecule has 0 aliphatic rings. The molecule has 0 atom stereocenters. The first-order valence-electron chi connectivity index (χ1n) is 7.08. The molecular weight excluding hydrogens is 276 g/mol. The SMILES string of the molecule is C/C(=C\C=O)COCc1ccc(C(=O)c2ccccc2)cc1. The molecule has 0 amide bonds. The molecule has 22 heavy (non-hydrogen) atoms. The second-order valence-corrected chi connectivity index (χ2v) is 5.03. The van der Waals surface area contributed by atoms with Crippen LogP contribution >= 0.6 is 0 Å². The van der Waals surface area contributed by atoms with Crippen LogP contribution in [0, 0.1) is 0 Å². The summed E-state index contributed by atoms with van der Waals surface area (Å²) in [5, 5.41) is 0. The third kappa shape index (κ3) is 4.50. The summed E-state index contributed by atoms with van der Waals surface area (Å²) in [6, 6.07) is 16.6.